The van der Waals surface area contributed by atoms with Gasteiger partial charge >= 0.3 is 0 Å². The highest BCUT2D eigenvalue weighted by Crippen LogP contribution is 2.37. The number of ether oxygens (including phenoxy) is 1. The zero-order valence-electron chi connectivity index (χ0n) is 17.5. The van der Waals surface area contributed by atoms with Gasteiger partial charge in [0.1, 0.15) is 0 Å². The molecule has 7 unspecified atom stereocenters. The zero-order valence-corrected chi connectivity index (χ0v) is 18.4. The van der Waals surface area contributed by atoms with Gasteiger partial charge in [-0.2, -0.15) is 0 Å². The fourth-order valence-corrected chi connectivity index (χ4v) is 6.57. The second kappa shape index (κ2) is 10.5. The quantitative estimate of drug-likeness (QED) is 0.640. The summed E-state index contributed by atoms with van der Waals surface area (Å²) in [5.74, 6) is 1.94. The number of carbonyl (C=O) groups is 1. The van der Waals surface area contributed by atoms with Gasteiger partial charge in [0, 0.05) is 30.4 Å². The minimum absolute atomic E-state index is 0.197. The van der Waals surface area contributed by atoms with E-state index in [-0.39, 0.29) is 5.92 Å². The maximum Gasteiger partial charge on any atom is 0.223 e. The number of hydrogen-bond donors (Lipinski definition) is 2. The molecule has 5 heteroatoms. The Kier molecular flexibility index (Phi) is 8.34. The summed E-state index contributed by atoms with van der Waals surface area (Å²) in [4.78, 5) is 12.9. The number of nitrogens with one attached hydrogen (secondary N) is 2. The van der Waals surface area contributed by atoms with Crippen LogP contribution < -0.4 is 10.0 Å². The van der Waals surface area contributed by atoms with Gasteiger partial charge in [0.15, 0.2) is 0 Å². The first-order valence-electron chi connectivity index (χ1n) is 11.3. The highest BCUT2D eigenvalue weighted by Gasteiger charge is 2.34. The Bertz CT molecular complexity index is 475. The molecule has 3 aliphatic carbocycles. The third-order valence-electron chi connectivity index (χ3n) is 7.15. The summed E-state index contributed by atoms with van der Waals surface area (Å²) in [5, 5.41) is 3.91. The molecular formula is C22H40N2O2S. The molecule has 3 aliphatic rings. The molecule has 0 aliphatic heterocycles. The van der Waals surface area contributed by atoms with Gasteiger partial charge in [-0.15, -0.1) is 0 Å². The van der Waals surface area contributed by atoms with E-state index in [1.807, 2.05) is 19.1 Å². The smallest absolute Gasteiger partial charge is 0.223 e. The highest BCUT2D eigenvalue weighted by molar-refractivity contribution is 7.98. The molecule has 4 nitrogen and oxygen atoms in total. The average Bonchev–Trinajstić information content (AvgIpc) is 2.67. The van der Waals surface area contributed by atoms with Crippen LogP contribution in [-0.2, 0) is 9.53 Å². The van der Waals surface area contributed by atoms with E-state index < -0.39 is 0 Å². The number of amides is 1. The first kappa shape index (κ1) is 21.4. The minimum Gasteiger partial charge on any atom is -0.380 e. The van der Waals surface area contributed by atoms with E-state index in [4.69, 9.17) is 4.74 Å². The lowest BCUT2D eigenvalue weighted by molar-refractivity contribution is -0.127. The second-order valence-electron chi connectivity index (χ2n) is 9.40. The van der Waals surface area contributed by atoms with Crippen molar-refractivity contribution >= 4 is 17.9 Å². The molecule has 2 N–H and O–H groups in total. The van der Waals surface area contributed by atoms with Crippen LogP contribution in [0.5, 0.6) is 0 Å². The summed E-state index contributed by atoms with van der Waals surface area (Å²) in [7, 11) is 1.84. The average molecular weight is 397 g/mol. The normalized spacial score (nSPS) is 40.5. The van der Waals surface area contributed by atoms with E-state index in [0.29, 0.717) is 35.3 Å². The molecule has 0 spiro atoms. The molecule has 156 valence electrons. The second-order valence-corrected chi connectivity index (χ2v) is 10.5. The lowest BCUT2D eigenvalue weighted by atomic mass is 9.81. The predicted octanol–water partition coefficient (Wildman–Crippen LogP) is 4.68. The molecule has 0 heterocycles. The molecule has 0 aromatic carbocycles. The van der Waals surface area contributed by atoms with Crippen LogP contribution >= 0.6 is 11.9 Å². The van der Waals surface area contributed by atoms with Gasteiger partial charge in [0.2, 0.25) is 5.91 Å². The first-order chi connectivity index (χ1) is 13.1. The fraction of sp³-hybridized carbons (Fsp3) is 0.955. The summed E-state index contributed by atoms with van der Waals surface area (Å²) in [5.41, 5.74) is 0. The maximum absolute atomic E-state index is 12.9. The minimum atomic E-state index is 0.197. The summed E-state index contributed by atoms with van der Waals surface area (Å²) in [6, 6.07) is 0.869. The van der Waals surface area contributed by atoms with Gasteiger partial charge in [-0.3, -0.25) is 9.52 Å². The van der Waals surface area contributed by atoms with Crippen molar-refractivity contribution in [1.29, 1.82) is 0 Å². The Morgan fingerprint density at radius 3 is 2.56 bits per heavy atom. The number of carbonyl (C=O) groups excluding carboxylic acids is 1. The molecule has 3 fully saturated rings. The van der Waals surface area contributed by atoms with Crippen LogP contribution in [0.25, 0.3) is 0 Å². The standard InChI is InChI=1S/C22H40N2O2S/c1-15-7-6-8-18(13-15)23-22(25)17-12-11-16(2)21(14-17)27-24-19-9-4-5-10-20(19)26-3/h15-21,24H,4-14H2,1-3H3,(H,23,25). The molecule has 0 aromatic heterocycles. The Labute approximate surface area is 170 Å². The van der Waals surface area contributed by atoms with Crippen LogP contribution in [0.3, 0.4) is 0 Å². The van der Waals surface area contributed by atoms with Crippen molar-refractivity contribution in [3.8, 4) is 0 Å². The molecule has 1 amide bonds. The molecule has 0 aromatic rings. The first-order valence-corrected chi connectivity index (χ1v) is 12.2. The van der Waals surface area contributed by atoms with Crippen LogP contribution in [0.2, 0.25) is 0 Å². The predicted molar refractivity (Wildman–Crippen MR) is 114 cm³/mol. The van der Waals surface area contributed by atoms with E-state index in [1.165, 1.54) is 44.9 Å². The van der Waals surface area contributed by atoms with Crippen molar-refractivity contribution < 1.29 is 9.53 Å². The summed E-state index contributed by atoms with van der Waals surface area (Å²) in [6.45, 7) is 4.67. The van der Waals surface area contributed by atoms with Gasteiger partial charge in [-0.05, 0) is 56.8 Å². The Balaban J connectivity index is 1.47. The van der Waals surface area contributed by atoms with Crippen LogP contribution in [0.4, 0.5) is 0 Å². The topological polar surface area (TPSA) is 50.4 Å². The van der Waals surface area contributed by atoms with Gasteiger partial charge < -0.3 is 10.1 Å². The van der Waals surface area contributed by atoms with E-state index >= 15 is 0 Å². The van der Waals surface area contributed by atoms with Crippen molar-refractivity contribution in [2.75, 3.05) is 7.11 Å². The van der Waals surface area contributed by atoms with E-state index in [2.05, 4.69) is 23.9 Å². The van der Waals surface area contributed by atoms with Crippen molar-refractivity contribution in [2.45, 2.75) is 108 Å². The maximum atomic E-state index is 12.9. The number of rotatable bonds is 6. The Hall–Kier alpha value is -0.260. The van der Waals surface area contributed by atoms with E-state index in [1.54, 1.807) is 0 Å². The summed E-state index contributed by atoms with van der Waals surface area (Å²) >= 11 is 1.89. The molecule has 3 rings (SSSR count). The summed E-state index contributed by atoms with van der Waals surface area (Å²) < 4.78 is 9.41. The molecular weight excluding hydrogens is 356 g/mol. The Morgan fingerprint density at radius 1 is 0.963 bits per heavy atom. The largest absolute Gasteiger partial charge is 0.380 e. The molecule has 27 heavy (non-hydrogen) atoms. The van der Waals surface area contributed by atoms with Crippen molar-refractivity contribution in [2.24, 2.45) is 17.8 Å². The molecule has 7 atom stereocenters. The highest BCUT2D eigenvalue weighted by atomic mass is 32.2. The van der Waals surface area contributed by atoms with Crippen molar-refractivity contribution in [3.05, 3.63) is 0 Å². The Morgan fingerprint density at radius 2 is 1.78 bits per heavy atom. The van der Waals surface area contributed by atoms with Gasteiger partial charge in [0.05, 0.1) is 6.10 Å². The SMILES string of the molecule is COC1CCCCC1NSC1CC(C(=O)NC2CCCC(C)C2)CCC1C. The van der Waals surface area contributed by atoms with Crippen LogP contribution in [-0.4, -0.2) is 36.5 Å². The van der Waals surface area contributed by atoms with Crippen LogP contribution in [0, 0.1) is 17.8 Å². The molecule has 0 bridgehead atoms. The van der Waals surface area contributed by atoms with Crippen molar-refractivity contribution in [1.82, 2.24) is 10.0 Å². The van der Waals surface area contributed by atoms with E-state index in [0.717, 1.165) is 31.6 Å². The molecule has 0 radical (unpaired) electrons. The van der Waals surface area contributed by atoms with Crippen molar-refractivity contribution in [3.63, 3.8) is 0 Å². The third-order valence-corrected chi connectivity index (χ3v) is 8.55. The number of methoxy groups -OCH3 is 1. The molecule has 0 saturated heterocycles. The molecule has 3 saturated carbocycles. The summed E-state index contributed by atoms with van der Waals surface area (Å²) in [6.07, 6.45) is 13.4. The third kappa shape index (κ3) is 6.11. The number of hydrogen-bond acceptors (Lipinski definition) is 4. The van der Waals surface area contributed by atoms with Crippen LogP contribution in [0.1, 0.15) is 84.5 Å². The van der Waals surface area contributed by atoms with Crippen LogP contribution in [0.15, 0.2) is 0 Å². The van der Waals surface area contributed by atoms with Gasteiger partial charge in [-0.1, -0.05) is 51.5 Å². The lowest BCUT2D eigenvalue weighted by Crippen LogP contribution is -2.45. The zero-order chi connectivity index (χ0) is 19.2. The van der Waals surface area contributed by atoms with Gasteiger partial charge in [0.25, 0.3) is 0 Å². The fourth-order valence-electron chi connectivity index (χ4n) is 5.26. The van der Waals surface area contributed by atoms with Gasteiger partial charge in [-0.25, -0.2) is 0 Å². The monoisotopic (exact) mass is 396 g/mol. The lowest BCUT2D eigenvalue weighted by Gasteiger charge is -2.37. The van der Waals surface area contributed by atoms with E-state index in [9.17, 15) is 4.79 Å².